The molecule has 0 N–H and O–H groups in total. The van der Waals surface area contributed by atoms with Crippen molar-refractivity contribution in [3.63, 3.8) is 0 Å². The summed E-state index contributed by atoms with van der Waals surface area (Å²) in [5.41, 5.74) is 2.04. The third-order valence-corrected chi connectivity index (χ3v) is 4.67. The van der Waals surface area contributed by atoms with Crippen molar-refractivity contribution in [2.75, 3.05) is 0 Å². The Morgan fingerprint density at radius 1 is 1.17 bits per heavy atom. The van der Waals surface area contributed by atoms with Gasteiger partial charge >= 0.3 is 5.63 Å². The zero-order chi connectivity index (χ0) is 16.4. The maximum absolute atomic E-state index is 11.6. The van der Waals surface area contributed by atoms with E-state index in [9.17, 15) is 4.79 Å². The van der Waals surface area contributed by atoms with Crippen molar-refractivity contribution in [3.8, 4) is 5.75 Å². The number of hydrogen-bond acceptors (Lipinski definition) is 3. The number of hydrogen-bond donors (Lipinski definition) is 0. The number of fused-ring (bicyclic) bond motifs is 1. The van der Waals surface area contributed by atoms with E-state index in [0.29, 0.717) is 23.0 Å². The summed E-state index contributed by atoms with van der Waals surface area (Å²) in [5.74, 6) is 0.492. The molecule has 5 heteroatoms. The molecule has 23 heavy (non-hydrogen) atoms. The molecule has 0 unspecified atom stereocenters. The van der Waals surface area contributed by atoms with Gasteiger partial charge in [-0.05, 0) is 24.1 Å². The molecule has 2 aromatic carbocycles. The predicted octanol–water partition coefficient (Wildman–Crippen LogP) is 5.35. The molecule has 1 heterocycles. The Balaban J connectivity index is 1.97. The lowest BCUT2D eigenvalue weighted by Crippen LogP contribution is -2.01. The van der Waals surface area contributed by atoms with Gasteiger partial charge in [-0.1, -0.05) is 52.7 Å². The van der Waals surface area contributed by atoms with Gasteiger partial charge in [0.25, 0.3) is 0 Å². The van der Waals surface area contributed by atoms with Crippen LogP contribution in [-0.2, 0) is 13.0 Å². The maximum Gasteiger partial charge on any atom is 0.336 e. The average Bonchev–Trinajstić information content (AvgIpc) is 2.54. The van der Waals surface area contributed by atoms with E-state index in [0.717, 1.165) is 27.4 Å². The van der Waals surface area contributed by atoms with Crippen LogP contribution in [0.2, 0.25) is 5.02 Å². The topological polar surface area (TPSA) is 39.4 Å². The molecule has 3 aromatic rings. The van der Waals surface area contributed by atoms with E-state index in [2.05, 4.69) is 15.9 Å². The van der Waals surface area contributed by atoms with Crippen LogP contribution in [0.4, 0.5) is 0 Å². The highest BCUT2D eigenvalue weighted by Gasteiger charge is 2.11. The van der Waals surface area contributed by atoms with Gasteiger partial charge in [0, 0.05) is 27.6 Å². The van der Waals surface area contributed by atoms with Crippen LogP contribution in [0, 0.1) is 0 Å². The van der Waals surface area contributed by atoms with Crippen LogP contribution in [0.15, 0.2) is 56.1 Å². The van der Waals surface area contributed by atoms with Crippen LogP contribution in [0.1, 0.15) is 18.1 Å². The molecular weight excluding hydrogens is 380 g/mol. The highest BCUT2D eigenvalue weighted by Crippen LogP contribution is 2.32. The first kappa shape index (κ1) is 16.1. The van der Waals surface area contributed by atoms with Gasteiger partial charge < -0.3 is 9.15 Å². The summed E-state index contributed by atoms with van der Waals surface area (Å²) in [6.45, 7) is 2.35. The summed E-state index contributed by atoms with van der Waals surface area (Å²) in [4.78, 5) is 11.6. The molecule has 0 spiro atoms. The minimum Gasteiger partial charge on any atom is -0.487 e. The predicted molar refractivity (Wildman–Crippen MR) is 95.3 cm³/mol. The van der Waals surface area contributed by atoms with E-state index in [1.165, 1.54) is 6.07 Å². The van der Waals surface area contributed by atoms with Crippen molar-refractivity contribution in [3.05, 3.63) is 73.5 Å². The number of aryl methyl sites for hydroxylation is 1. The number of rotatable bonds is 4. The van der Waals surface area contributed by atoms with Crippen molar-refractivity contribution in [1.82, 2.24) is 0 Å². The van der Waals surface area contributed by atoms with Gasteiger partial charge in [-0.3, -0.25) is 0 Å². The van der Waals surface area contributed by atoms with E-state index in [1.54, 1.807) is 12.1 Å². The van der Waals surface area contributed by atoms with E-state index in [4.69, 9.17) is 20.8 Å². The molecule has 0 saturated carbocycles. The number of benzene rings is 2. The van der Waals surface area contributed by atoms with Gasteiger partial charge in [-0.15, -0.1) is 0 Å². The Bertz CT molecular complexity index is 918. The second kappa shape index (κ2) is 6.77. The van der Waals surface area contributed by atoms with E-state index in [-0.39, 0.29) is 5.63 Å². The van der Waals surface area contributed by atoms with Gasteiger partial charge in [-0.25, -0.2) is 4.79 Å². The lowest BCUT2D eigenvalue weighted by Gasteiger charge is -2.11. The highest BCUT2D eigenvalue weighted by molar-refractivity contribution is 9.10. The maximum atomic E-state index is 11.6. The molecule has 1 aromatic heterocycles. The Hall–Kier alpha value is -1.78. The second-order valence-electron chi connectivity index (χ2n) is 5.10. The quantitative estimate of drug-likeness (QED) is 0.561. The first-order valence-electron chi connectivity index (χ1n) is 7.21. The van der Waals surface area contributed by atoms with Crippen LogP contribution in [0.3, 0.4) is 0 Å². The normalized spacial score (nSPS) is 10.9. The molecule has 0 radical (unpaired) electrons. The molecule has 0 amide bonds. The smallest absolute Gasteiger partial charge is 0.336 e. The van der Waals surface area contributed by atoms with Crippen molar-refractivity contribution < 1.29 is 9.15 Å². The van der Waals surface area contributed by atoms with Crippen molar-refractivity contribution in [2.45, 2.75) is 20.0 Å². The molecule has 0 aliphatic heterocycles. The summed E-state index contributed by atoms with van der Waals surface area (Å²) < 4.78 is 12.0. The summed E-state index contributed by atoms with van der Waals surface area (Å²) >= 11 is 9.81. The van der Waals surface area contributed by atoms with Gasteiger partial charge in [0.15, 0.2) is 0 Å². The van der Waals surface area contributed by atoms with Crippen LogP contribution in [0.5, 0.6) is 5.75 Å². The Labute approximate surface area is 147 Å². The fourth-order valence-corrected chi connectivity index (χ4v) is 3.02. The standard InChI is InChI=1S/C18H14BrClO3/c1-2-11-7-18(21)23-16-9-17(15(20)8-13(11)16)22-10-12-5-3-4-6-14(12)19/h3-9H,2,10H2,1H3. The van der Waals surface area contributed by atoms with Crippen molar-refractivity contribution in [2.24, 2.45) is 0 Å². The molecule has 0 saturated heterocycles. The van der Waals surface area contributed by atoms with Crippen LogP contribution in [-0.4, -0.2) is 0 Å². The fourth-order valence-electron chi connectivity index (χ4n) is 2.40. The number of halogens is 2. The van der Waals surface area contributed by atoms with Gasteiger partial charge in [0.2, 0.25) is 0 Å². The lowest BCUT2D eigenvalue weighted by atomic mass is 10.1. The van der Waals surface area contributed by atoms with Gasteiger partial charge in [0.1, 0.15) is 17.9 Å². The molecule has 3 rings (SSSR count). The molecule has 0 aliphatic carbocycles. The fraction of sp³-hybridized carbons (Fsp3) is 0.167. The first-order valence-corrected chi connectivity index (χ1v) is 8.38. The zero-order valence-corrected chi connectivity index (χ0v) is 14.8. The second-order valence-corrected chi connectivity index (χ2v) is 6.36. The van der Waals surface area contributed by atoms with Gasteiger partial charge in [0.05, 0.1) is 5.02 Å². The van der Waals surface area contributed by atoms with Crippen LogP contribution >= 0.6 is 27.5 Å². The molecule has 3 nitrogen and oxygen atoms in total. The molecule has 0 bridgehead atoms. The SMILES string of the molecule is CCc1cc(=O)oc2cc(OCc3ccccc3Br)c(Cl)cc12. The average molecular weight is 394 g/mol. The van der Waals surface area contributed by atoms with Crippen LogP contribution < -0.4 is 10.4 Å². The van der Waals surface area contributed by atoms with E-state index >= 15 is 0 Å². The third-order valence-electron chi connectivity index (χ3n) is 3.60. The number of ether oxygens (including phenoxy) is 1. The summed E-state index contributed by atoms with van der Waals surface area (Å²) in [6, 6.07) is 12.8. The zero-order valence-electron chi connectivity index (χ0n) is 12.4. The molecule has 118 valence electrons. The molecular formula is C18H14BrClO3. The lowest BCUT2D eigenvalue weighted by molar-refractivity contribution is 0.305. The Morgan fingerprint density at radius 3 is 2.70 bits per heavy atom. The van der Waals surface area contributed by atoms with Gasteiger partial charge in [-0.2, -0.15) is 0 Å². The highest BCUT2D eigenvalue weighted by atomic mass is 79.9. The van der Waals surface area contributed by atoms with Crippen molar-refractivity contribution >= 4 is 38.5 Å². The first-order chi connectivity index (χ1) is 11.1. The largest absolute Gasteiger partial charge is 0.487 e. The van der Waals surface area contributed by atoms with E-state index < -0.39 is 0 Å². The summed E-state index contributed by atoms with van der Waals surface area (Å²) in [7, 11) is 0. The van der Waals surface area contributed by atoms with Crippen LogP contribution in [0.25, 0.3) is 11.0 Å². The van der Waals surface area contributed by atoms with E-state index in [1.807, 2.05) is 31.2 Å². The summed E-state index contributed by atoms with van der Waals surface area (Å²) in [5, 5.41) is 1.33. The third kappa shape index (κ3) is 3.43. The molecule has 0 fully saturated rings. The Morgan fingerprint density at radius 2 is 1.96 bits per heavy atom. The minimum atomic E-state index is -0.367. The molecule has 0 atom stereocenters. The van der Waals surface area contributed by atoms with Crippen molar-refractivity contribution in [1.29, 1.82) is 0 Å². The Kier molecular flexibility index (Phi) is 4.74. The summed E-state index contributed by atoms with van der Waals surface area (Å²) in [6.07, 6.45) is 0.732. The monoisotopic (exact) mass is 392 g/mol. The minimum absolute atomic E-state index is 0.365. The molecule has 0 aliphatic rings.